The molecule has 1 unspecified atom stereocenters. The molecule has 0 aliphatic rings. The molecule has 0 fully saturated rings. The van der Waals surface area contributed by atoms with Crippen molar-refractivity contribution in [3.63, 3.8) is 0 Å². The Kier molecular flexibility index (Phi) is 2.87. The summed E-state index contributed by atoms with van der Waals surface area (Å²) in [6.45, 7) is 0. The van der Waals surface area contributed by atoms with Gasteiger partial charge in [-0.25, -0.2) is 4.79 Å². The number of hydrogen-bond acceptors (Lipinski definition) is 2. The Morgan fingerprint density at radius 3 is 2.55 bits per heavy atom. The van der Waals surface area contributed by atoms with E-state index in [0.29, 0.717) is 5.75 Å². The molecule has 58 valence electrons. The number of benzene rings is 1. The number of hydrogen-bond donors (Lipinski definition) is 1. The summed E-state index contributed by atoms with van der Waals surface area (Å²) in [5, 5.41) is 2.27. The van der Waals surface area contributed by atoms with E-state index in [-0.39, 0.29) is 0 Å². The summed E-state index contributed by atoms with van der Waals surface area (Å²) in [6, 6.07) is 8.86. The largest absolute Gasteiger partial charge is 0.415 e. The van der Waals surface area contributed by atoms with Crippen LogP contribution in [0.2, 0.25) is 0 Å². The van der Waals surface area contributed by atoms with Gasteiger partial charge in [0.2, 0.25) is 0 Å². The van der Waals surface area contributed by atoms with E-state index in [1.165, 1.54) is 0 Å². The maximum atomic E-state index is 10.6. The van der Waals surface area contributed by atoms with E-state index >= 15 is 0 Å². The Balaban J connectivity index is 2.58. The molecule has 0 heterocycles. The maximum absolute atomic E-state index is 10.6. The van der Waals surface area contributed by atoms with Gasteiger partial charge in [0.05, 0.1) is 0 Å². The summed E-state index contributed by atoms with van der Waals surface area (Å²) in [5.74, 6) is 0.535. The predicted molar refractivity (Wildman–Crippen MR) is 45.3 cm³/mol. The molecule has 0 aromatic heterocycles. The second-order valence-electron chi connectivity index (χ2n) is 1.85. The summed E-state index contributed by atoms with van der Waals surface area (Å²) >= 11 is 0. The fourth-order valence-corrected chi connectivity index (χ4v) is 0.684. The highest BCUT2D eigenvalue weighted by atomic mass is 31.0. The first-order valence-corrected chi connectivity index (χ1v) is 3.64. The molecule has 0 aliphatic heterocycles. The first-order valence-electron chi connectivity index (χ1n) is 3.06. The second-order valence-corrected chi connectivity index (χ2v) is 2.14. The lowest BCUT2D eigenvalue weighted by Gasteiger charge is -2.00. The minimum absolute atomic E-state index is 0.485. The van der Waals surface area contributed by atoms with E-state index in [1.807, 2.05) is 6.07 Å². The van der Waals surface area contributed by atoms with E-state index in [1.54, 1.807) is 24.3 Å². The monoisotopic (exact) mass is 169 g/mol. The summed E-state index contributed by atoms with van der Waals surface area (Å²) in [5.41, 5.74) is 0. The molecule has 3 nitrogen and oxygen atoms in total. The van der Waals surface area contributed by atoms with Gasteiger partial charge < -0.3 is 9.82 Å². The first-order chi connectivity index (χ1) is 5.33. The lowest BCUT2D eigenvalue weighted by atomic mass is 10.3. The van der Waals surface area contributed by atoms with Crippen LogP contribution in [0.3, 0.4) is 0 Å². The van der Waals surface area contributed by atoms with Crippen molar-refractivity contribution in [1.29, 1.82) is 0 Å². The van der Waals surface area contributed by atoms with Gasteiger partial charge >= 0.3 is 6.09 Å². The van der Waals surface area contributed by atoms with Crippen molar-refractivity contribution in [3.8, 4) is 5.75 Å². The van der Waals surface area contributed by atoms with Gasteiger partial charge in [-0.1, -0.05) is 18.2 Å². The Morgan fingerprint density at radius 1 is 1.36 bits per heavy atom. The quantitative estimate of drug-likeness (QED) is 0.648. The number of carbonyl (C=O) groups is 1. The van der Waals surface area contributed by atoms with Crippen LogP contribution in [0.25, 0.3) is 0 Å². The highest BCUT2D eigenvalue weighted by Crippen LogP contribution is 2.07. The van der Waals surface area contributed by atoms with Gasteiger partial charge in [-0.3, -0.25) is 0 Å². The molecule has 1 atom stereocenters. The molecule has 1 rings (SSSR count). The zero-order valence-electron chi connectivity index (χ0n) is 5.78. The fourth-order valence-electron chi connectivity index (χ4n) is 0.625. The Bertz CT molecular complexity index is 237. The number of rotatable bonds is 1. The summed E-state index contributed by atoms with van der Waals surface area (Å²) in [7, 11) is 2.07. The third-order valence-electron chi connectivity index (χ3n) is 1.07. The minimum atomic E-state index is -0.485. The van der Waals surface area contributed by atoms with E-state index in [2.05, 4.69) is 14.5 Å². The van der Waals surface area contributed by atoms with Crippen molar-refractivity contribution in [1.82, 2.24) is 5.09 Å². The van der Waals surface area contributed by atoms with Crippen molar-refractivity contribution in [2.75, 3.05) is 0 Å². The lowest BCUT2D eigenvalue weighted by Crippen LogP contribution is -2.16. The zero-order valence-corrected chi connectivity index (χ0v) is 6.94. The number of para-hydroxylation sites is 1. The Morgan fingerprint density at radius 2 is 2.00 bits per heavy atom. The molecule has 0 aliphatic carbocycles. The highest BCUT2D eigenvalue weighted by molar-refractivity contribution is 7.15. The topological polar surface area (TPSA) is 38.3 Å². The van der Waals surface area contributed by atoms with Crippen LogP contribution < -0.4 is 9.82 Å². The molecule has 11 heavy (non-hydrogen) atoms. The van der Waals surface area contributed by atoms with Gasteiger partial charge in [0.25, 0.3) is 0 Å². The summed E-state index contributed by atoms with van der Waals surface area (Å²) in [6.07, 6.45) is -0.485. The Hall–Kier alpha value is -1.08. The number of amides is 1. The van der Waals surface area contributed by atoms with Crippen LogP contribution in [0, 0.1) is 0 Å². The SMILES string of the molecule is O=C(NP)Oc1ccccc1. The van der Waals surface area contributed by atoms with Crippen molar-refractivity contribution < 1.29 is 9.53 Å². The molecule has 0 spiro atoms. The molecule has 1 aromatic rings. The summed E-state index contributed by atoms with van der Waals surface area (Å²) < 4.78 is 4.79. The Labute approximate surface area is 67.0 Å². The average molecular weight is 169 g/mol. The molecule has 0 radical (unpaired) electrons. The van der Waals surface area contributed by atoms with Crippen molar-refractivity contribution in [2.24, 2.45) is 0 Å². The van der Waals surface area contributed by atoms with Crippen LogP contribution in [-0.2, 0) is 0 Å². The van der Waals surface area contributed by atoms with Gasteiger partial charge in [0.15, 0.2) is 0 Å². The molecule has 4 heteroatoms. The standard InChI is InChI=1S/C7H8NO2P/c9-7(8-11)10-6-4-2-1-3-5-6/h1-5H,11H2,(H,8,9). The minimum Gasteiger partial charge on any atom is -0.410 e. The van der Waals surface area contributed by atoms with Gasteiger partial charge in [-0.15, -0.1) is 0 Å². The third-order valence-corrected chi connectivity index (χ3v) is 1.31. The maximum Gasteiger partial charge on any atom is 0.415 e. The first kappa shape index (κ1) is 8.02. The normalized spacial score (nSPS) is 8.82. The molecule has 0 saturated carbocycles. The van der Waals surface area contributed by atoms with Crippen LogP contribution >= 0.6 is 9.39 Å². The van der Waals surface area contributed by atoms with E-state index in [4.69, 9.17) is 4.74 Å². The van der Waals surface area contributed by atoms with Crippen LogP contribution in [-0.4, -0.2) is 6.09 Å². The van der Waals surface area contributed by atoms with Crippen molar-refractivity contribution in [3.05, 3.63) is 30.3 Å². The molecule has 0 bridgehead atoms. The van der Waals surface area contributed by atoms with E-state index in [9.17, 15) is 4.79 Å². The van der Waals surface area contributed by atoms with E-state index in [0.717, 1.165) is 0 Å². The number of carbonyl (C=O) groups excluding carboxylic acids is 1. The number of nitrogens with one attached hydrogen (secondary N) is 1. The highest BCUT2D eigenvalue weighted by Gasteiger charge is 1.97. The van der Waals surface area contributed by atoms with Crippen LogP contribution in [0.4, 0.5) is 4.79 Å². The van der Waals surface area contributed by atoms with Gasteiger partial charge in [0.1, 0.15) is 5.75 Å². The number of ether oxygens (including phenoxy) is 1. The molecular weight excluding hydrogens is 161 g/mol. The van der Waals surface area contributed by atoms with Crippen LogP contribution in [0.5, 0.6) is 5.75 Å². The predicted octanol–water partition coefficient (Wildman–Crippen LogP) is 1.57. The van der Waals surface area contributed by atoms with E-state index < -0.39 is 6.09 Å². The molecular formula is C7H8NO2P. The molecule has 1 aromatic carbocycles. The fraction of sp³-hybridized carbons (Fsp3) is 0. The van der Waals surface area contributed by atoms with Gasteiger partial charge in [-0.05, 0) is 21.5 Å². The molecule has 1 N–H and O–H groups in total. The van der Waals surface area contributed by atoms with Crippen molar-refractivity contribution in [2.45, 2.75) is 0 Å². The molecule has 1 amide bonds. The molecule has 0 saturated heterocycles. The zero-order chi connectivity index (χ0) is 8.10. The van der Waals surface area contributed by atoms with Crippen LogP contribution in [0.15, 0.2) is 30.3 Å². The van der Waals surface area contributed by atoms with Gasteiger partial charge in [-0.2, -0.15) is 0 Å². The summed E-state index contributed by atoms with van der Waals surface area (Å²) in [4.78, 5) is 10.6. The van der Waals surface area contributed by atoms with Gasteiger partial charge in [0, 0.05) is 0 Å². The second kappa shape index (κ2) is 3.94. The lowest BCUT2D eigenvalue weighted by molar-refractivity contribution is 0.207. The van der Waals surface area contributed by atoms with Crippen LogP contribution in [0.1, 0.15) is 0 Å². The third kappa shape index (κ3) is 2.56. The average Bonchev–Trinajstić information content (AvgIpc) is 2.06. The smallest absolute Gasteiger partial charge is 0.410 e. The van der Waals surface area contributed by atoms with Crippen molar-refractivity contribution >= 4 is 15.5 Å².